The highest BCUT2D eigenvalue weighted by Crippen LogP contribution is 2.35. The summed E-state index contributed by atoms with van der Waals surface area (Å²) in [5.41, 5.74) is 13.5. The predicted octanol–water partition coefficient (Wildman–Crippen LogP) is 11.6. The maximum Gasteiger partial charge on any atom is 0.0972 e. The highest BCUT2D eigenvalue weighted by atomic mass is 14.8. The zero-order chi connectivity index (χ0) is 35.6. The highest BCUT2D eigenvalue weighted by molar-refractivity contribution is 6.10. The van der Waals surface area contributed by atoms with E-state index in [0.717, 1.165) is 110 Å². The molecule has 11 aromatic rings. The summed E-state index contributed by atoms with van der Waals surface area (Å²) in [6.45, 7) is 0. The van der Waals surface area contributed by atoms with Crippen LogP contribution in [0.25, 0.3) is 110 Å². The SMILES string of the molecule is c1cnc2c(c1)ccc1ccc(-c3ccc4ccc(-c5ccc6ccc(-c7ccc(-c8cc9cccnc9c9ncccc89)cc7)nc6c5)cc4n3)nc12. The van der Waals surface area contributed by atoms with Gasteiger partial charge in [-0.25, -0.2) is 15.0 Å². The van der Waals surface area contributed by atoms with Gasteiger partial charge in [0.1, 0.15) is 0 Å². The van der Waals surface area contributed by atoms with E-state index in [1.165, 1.54) is 0 Å². The molecule has 6 heterocycles. The van der Waals surface area contributed by atoms with Crippen LogP contribution in [-0.4, -0.2) is 29.9 Å². The van der Waals surface area contributed by atoms with E-state index in [4.69, 9.17) is 15.0 Å². The molecule has 0 fully saturated rings. The molecule has 6 aromatic heterocycles. The van der Waals surface area contributed by atoms with E-state index >= 15 is 0 Å². The molecule has 0 atom stereocenters. The Kier molecular flexibility index (Phi) is 6.75. The van der Waals surface area contributed by atoms with Crippen molar-refractivity contribution in [3.63, 3.8) is 0 Å². The average molecular weight is 689 g/mol. The predicted molar refractivity (Wildman–Crippen MR) is 220 cm³/mol. The summed E-state index contributed by atoms with van der Waals surface area (Å²) in [5.74, 6) is 0. The van der Waals surface area contributed by atoms with Crippen molar-refractivity contribution in [3.8, 4) is 44.9 Å². The van der Waals surface area contributed by atoms with Crippen LogP contribution in [0.4, 0.5) is 0 Å². The molecule has 0 spiro atoms. The third kappa shape index (κ3) is 5.04. The van der Waals surface area contributed by atoms with Crippen LogP contribution in [0.3, 0.4) is 0 Å². The molecule has 0 N–H and O–H groups in total. The molecule has 0 unspecified atom stereocenters. The third-order valence-corrected chi connectivity index (χ3v) is 10.4. The summed E-state index contributed by atoms with van der Waals surface area (Å²) in [6, 6.07) is 52.7. The number of fused-ring (bicyclic) bond motifs is 8. The molecule has 5 aromatic carbocycles. The van der Waals surface area contributed by atoms with Gasteiger partial charge in [-0.05, 0) is 76.9 Å². The Labute approximate surface area is 309 Å². The summed E-state index contributed by atoms with van der Waals surface area (Å²) < 4.78 is 0. The van der Waals surface area contributed by atoms with E-state index in [1.807, 2.05) is 48.9 Å². The molecular formula is C48H28N6. The fourth-order valence-electron chi connectivity index (χ4n) is 7.60. The smallest absolute Gasteiger partial charge is 0.0972 e. The Hall–Kier alpha value is -7.44. The first-order valence-corrected chi connectivity index (χ1v) is 17.9. The van der Waals surface area contributed by atoms with Gasteiger partial charge in [0.2, 0.25) is 0 Å². The van der Waals surface area contributed by atoms with Crippen molar-refractivity contribution in [2.75, 3.05) is 0 Å². The number of hydrogen-bond donors (Lipinski definition) is 0. The standard InChI is InChI=1S/C48H28N6/c1-4-33-13-14-34-19-22-42(54-47(34)45(33)49-23-1)41-21-18-32-12-16-36(28-44(32)53-41)35-15-11-31-17-20-40(52-43(31)27-35)30-9-7-29(8-10-30)39-26-37-5-2-24-50-46(37)48-38(39)6-3-25-51-48/h1-28H. The van der Waals surface area contributed by atoms with Crippen LogP contribution in [0.15, 0.2) is 170 Å². The number of benzene rings is 5. The molecule has 0 saturated heterocycles. The lowest BCUT2D eigenvalue weighted by atomic mass is 9.96. The fourth-order valence-corrected chi connectivity index (χ4v) is 7.60. The second-order valence-corrected chi connectivity index (χ2v) is 13.6. The lowest BCUT2D eigenvalue weighted by molar-refractivity contribution is 1.31. The second-order valence-electron chi connectivity index (χ2n) is 13.6. The summed E-state index contributed by atoms with van der Waals surface area (Å²) in [7, 11) is 0. The number of aromatic nitrogens is 6. The van der Waals surface area contributed by atoms with E-state index in [2.05, 4.69) is 136 Å². The quantitative estimate of drug-likeness (QED) is 0.171. The zero-order valence-electron chi connectivity index (χ0n) is 28.8. The van der Waals surface area contributed by atoms with Gasteiger partial charge in [-0.2, -0.15) is 0 Å². The van der Waals surface area contributed by atoms with Crippen molar-refractivity contribution in [2.45, 2.75) is 0 Å². The monoisotopic (exact) mass is 688 g/mol. The van der Waals surface area contributed by atoms with Gasteiger partial charge >= 0.3 is 0 Å². The first kappa shape index (κ1) is 30.2. The minimum absolute atomic E-state index is 0.823. The van der Waals surface area contributed by atoms with Crippen LogP contribution in [0.2, 0.25) is 0 Å². The van der Waals surface area contributed by atoms with E-state index in [-0.39, 0.29) is 0 Å². The van der Waals surface area contributed by atoms with Gasteiger partial charge in [0.15, 0.2) is 0 Å². The summed E-state index contributed by atoms with van der Waals surface area (Å²) in [5, 5.41) is 6.46. The van der Waals surface area contributed by atoms with E-state index in [1.54, 1.807) is 0 Å². The lowest BCUT2D eigenvalue weighted by Gasteiger charge is -2.11. The molecule has 0 radical (unpaired) electrons. The van der Waals surface area contributed by atoms with Crippen molar-refractivity contribution in [3.05, 3.63) is 170 Å². The second kappa shape index (κ2) is 12.1. The third-order valence-electron chi connectivity index (χ3n) is 10.4. The van der Waals surface area contributed by atoms with Crippen LogP contribution >= 0.6 is 0 Å². The Morgan fingerprint density at radius 1 is 0.296 bits per heavy atom. The Morgan fingerprint density at radius 2 is 0.778 bits per heavy atom. The molecule has 0 aliphatic carbocycles. The van der Waals surface area contributed by atoms with Crippen molar-refractivity contribution >= 4 is 65.4 Å². The van der Waals surface area contributed by atoms with Crippen molar-refractivity contribution in [1.82, 2.24) is 29.9 Å². The fraction of sp³-hybridized carbons (Fsp3) is 0. The van der Waals surface area contributed by atoms with Crippen LogP contribution < -0.4 is 0 Å². The van der Waals surface area contributed by atoms with Gasteiger partial charge in [-0.3, -0.25) is 15.0 Å². The molecule has 250 valence electrons. The first-order valence-electron chi connectivity index (χ1n) is 17.9. The van der Waals surface area contributed by atoms with E-state index < -0.39 is 0 Å². The average Bonchev–Trinajstić information content (AvgIpc) is 3.25. The van der Waals surface area contributed by atoms with Gasteiger partial charge in [0.05, 0.1) is 50.2 Å². The van der Waals surface area contributed by atoms with Gasteiger partial charge in [-0.15, -0.1) is 0 Å². The van der Waals surface area contributed by atoms with Gasteiger partial charge in [0.25, 0.3) is 0 Å². The van der Waals surface area contributed by atoms with E-state index in [9.17, 15) is 0 Å². The molecule has 0 aliphatic rings. The van der Waals surface area contributed by atoms with Gasteiger partial charge in [0, 0.05) is 56.5 Å². The lowest BCUT2D eigenvalue weighted by Crippen LogP contribution is -1.92. The molecule has 11 rings (SSSR count). The minimum Gasteiger partial charge on any atom is -0.254 e. The zero-order valence-corrected chi connectivity index (χ0v) is 28.8. The summed E-state index contributed by atoms with van der Waals surface area (Å²) >= 11 is 0. The minimum atomic E-state index is 0.823. The number of rotatable bonds is 4. The molecule has 0 amide bonds. The highest BCUT2D eigenvalue weighted by Gasteiger charge is 2.13. The van der Waals surface area contributed by atoms with Crippen LogP contribution in [0.1, 0.15) is 0 Å². The summed E-state index contributed by atoms with van der Waals surface area (Å²) in [6.07, 6.45) is 5.47. The Balaban J connectivity index is 0.929. The van der Waals surface area contributed by atoms with Crippen molar-refractivity contribution in [2.24, 2.45) is 0 Å². The van der Waals surface area contributed by atoms with Crippen LogP contribution in [0.5, 0.6) is 0 Å². The molecule has 6 heteroatoms. The van der Waals surface area contributed by atoms with E-state index in [0.29, 0.717) is 0 Å². The van der Waals surface area contributed by atoms with Gasteiger partial charge < -0.3 is 0 Å². The number of nitrogens with zero attached hydrogens (tertiary/aromatic N) is 6. The first-order chi connectivity index (χ1) is 26.7. The van der Waals surface area contributed by atoms with Gasteiger partial charge in [-0.1, -0.05) is 97.1 Å². The maximum absolute atomic E-state index is 5.14. The Morgan fingerprint density at radius 3 is 1.50 bits per heavy atom. The molecule has 0 aliphatic heterocycles. The molecular weight excluding hydrogens is 661 g/mol. The topological polar surface area (TPSA) is 77.3 Å². The summed E-state index contributed by atoms with van der Waals surface area (Å²) in [4.78, 5) is 29.2. The molecule has 0 bridgehead atoms. The maximum atomic E-state index is 5.14. The normalized spacial score (nSPS) is 11.7. The molecule has 54 heavy (non-hydrogen) atoms. The van der Waals surface area contributed by atoms with Crippen LogP contribution in [-0.2, 0) is 0 Å². The largest absolute Gasteiger partial charge is 0.254 e. The number of pyridine rings is 6. The number of hydrogen-bond acceptors (Lipinski definition) is 6. The van der Waals surface area contributed by atoms with Crippen molar-refractivity contribution in [1.29, 1.82) is 0 Å². The van der Waals surface area contributed by atoms with Crippen LogP contribution in [0, 0.1) is 0 Å². The van der Waals surface area contributed by atoms with Crippen molar-refractivity contribution < 1.29 is 0 Å². The Bertz CT molecular complexity index is 3280. The molecule has 0 saturated carbocycles. The molecule has 6 nitrogen and oxygen atoms in total.